The summed E-state index contributed by atoms with van der Waals surface area (Å²) < 4.78 is 0.895. The second kappa shape index (κ2) is 4.83. The van der Waals surface area contributed by atoms with Gasteiger partial charge in [-0.25, -0.2) is 0 Å². The van der Waals surface area contributed by atoms with Crippen molar-refractivity contribution in [3.8, 4) is 0 Å². The van der Waals surface area contributed by atoms with E-state index in [4.69, 9.17) is 11.6 Å². The van der Waals surface area contributed by atoms with Crippen LogP contribution in [0.3, 0.4) is 0 Å². The number of halogens is 2. The van der Waals surface area contributed by atoms with Gasteiger partial charge in [-0.15, -0.1) is 0 Å². The number of likely N-dealkylation sites (tertiary alicyclic amines) is 1. The molecule has 2 fully saturated rings. The zero-order chi connectivity index (χ0) is 12.7. The van der Waals surface area contributed by atoms with Crippen LogP contribution in [-0.4, -0.2) is 37.0 Å². The van der Waals surface area contributed by atoms with Crippen LogP contribution in [0.15, 0.2) is 22.7 Å². The number of amides is 1. The van der Waals surface area contributed by atoms with E-state index in [1.165, 1.54) is 0 Å². The van der Waals surface area contributed by atoms with Crippen molar-refractivity contribution in [3.05, 3.63) is 33.3 Å². The minimum absolute atomic E-state index is 0.0573. The van der Waals surface area contributed by atoms with Crippen molar-refractivity contribution >= 4 is 33.4 Å². The van der Waals surface area contributed by atoms with Crippen molar-refractivity contribution in [2.45, 2.75) is 0 Å². The average Bonchev–Trinajstić information content (AvgIpc) is 2.87. The van der Waals surface area contributed by atoms with Gasteiger partial charge in [0.25, 0.3) is 5.91 Å². The van der Waals surface area contributed by atoms with Crippen molar-refractivity contribution in [2.75, 3.05) is 26.2 Å². The SMILES string of the molecule is O=C(c1ccc(Br)cc1Cl)N1CC2CNCC2C1. The summed E-state index contributed by atoms with van der Waals surface area (Å²) in [7, 11) is 0. The molecule has 2 unspecified atom stereocenters. The Balaban J connectivity index is 1.79. The first-order valence-electron chi connectivity index (χ1n) is 6.10. The fraction of sp³-hybridized carbons (Fsp3) is 0.462. The van der Waals surface area contributed by atoms with Crippen molar-refractivity contribution in [1.29, 1.82) is 0 Å². The fourth-order valence-corrected chi connectivity index (χ4v) is 3.61. The molecule has 0 spiro atoms. The molecule has 5 heteroatoms. The van der Waals surface area contributed by atoms with Crippen molar-refractivity contribution in [2.24, 2.45) is 11.8 Å². The Morgan fingerprint density at radius 2 is 2.00 bits per heavy atom. The van der Waals surface area contributed by atoms with Crippen LogP contribution in [-0.2, 0) is 0 Å². The molecule has 2 heterocycles. The standard InChI is InChI=1S/C13H14BrClN2O/c14-10-1-2-11(12(15)3-10)13(18)17-6-8-4-16-5-9(8)7-17/h1-3,8-9,16H,4-7H2. The Morgan fingerprint density at radius 1 is 1.33 bits per heavy atom. The summed E-state index contributed by atoms with van der Waals surface area (Å²) >= 11 is 9.48. The molecule has 1 aromatic rings. The molecule has 2 atom stereocenters. The van der Waals surface area contributed by atoms with E-state index in [9.17, 15) is 4.79 Å². The van der Waals surface area contributed by atoms with Gasteiger partial charge in [0.05, 0.1) is 10.6 Å². The third-order valence-electron chi connectivity index (χ3n) is 3.84. The highest BCUT2D eigenvalue weighted by Gasteiger charge is 2.38. The van der Waals surface area contributed by atoms with Crippen LogP contribution in [0.25, 0.3) is 0 Å². The summed E-state index contributed by atoms with van der Waals surface area (Å²) in [5.41, 5.74) is 0.604. The lowest BCUT2D eigenvalue weighted by Crippen LogP contribution is -2.32. The quantitative estimate of drug-likeness (QED) is 0.858. The minimum Gasteiger partial charge on any atom is -0.338 e. The predicted octanol–water partition coefficient (Wildman–Crippen LogP) is 2.39. The van der Waals surface area contributed by atoms with E-state index in [1.807, 2.05) is 11.0 Å². The monoisotopic (exact) mass is 328 g/mol. The molecule has 0 aromatic heterocycles. The summed E-state index contributed by atoms with van der Waals surface area (Å²) in [6.45, 7) is 3.76. The number of carbonyl (C=O) groups excluding carboxylic acids is 1. The number of hydrogen-bond acceptors (Lipinski definition) is 2. The number of fused-ring (bicyclic) bond motifs is 1. The van der Waals surface area contributed by atoms with E-state index < -0.39 is 0 Å². The van der Waals surface area contributed by atoms with Gasteiger partial charge in [0, 0.05) is 30.7 Å². The van der Waals surface area contributed by atoms with E-state index in [2.05, 4.69) is 21.2 Å². The van der Waals surface area contributed by atoms with Gasteiger partial charge in [-0.2, -0.15) is 0 Å². The number of carbonyl (C=O) groups is 1. The lowest BCUT2D eigenvalue weighted by molar-refractivity contribution is 0.0782. The first-order chi connectivity index (χ1) is 8.65. The molecule has 3 nitrogen and oxygen atoms in total. The lowest BCUT2D eigenvalue weighted by atomic mass is 10.0. The van der Waals surface area contributed by atoms with Crippen LogP contribution >= 0.6 is 27.5 Å². The number of hydrogen-bond donors (Lipinski definition) is 1. The van der Waals surface area contributed by atoms with Gasteiger partial charge in [0.15, 0.2) is 0 Å². The first-order valence-corrected chi connectivity index (χ1v) is 7.27. The van der Waals surface area contributed by atoms with Crippen LogP contribution in [0.2, 0.25) is 5.02 Å². The summed E-state index contributed by atoms with van der Waals surface area (Å²) in [4.78, 5) is 14.4. The van der Waals surface area contributed by atoms with Gasteiger partial charge in [-0.1, -0.05) is 27.5 Å². The topological polar surface area (TPSA) is 32.3 Å². The molecule has 18 heavy (non-hydrogen) atoms. The van der Waals surface area contributed by atoms with Gasteiger partial charge in [0.2, 0.25) is 0 Å². The highest BCUT2D eigenvalue weighted by Crippen LogP contribution is 2.29. The van der Waals surface area contributed by atoms with Crippen LogP contribution in [0.4, 0.5) is 0 Å². The third-order valence-corrected chi connectivity index (χ3v) is 4.64. The van der Waals surface area contributed by atoms with Gasteiger partial charge in [0.1, 0.15) is 0 Å². The Morgan fingerprint density at radius 3 is 2.61 bits per heavy atom. The van der Waals surface area contributed by atoms with E-state index in [0.29, 0.717) is 22.4 Å². The first kappa shape index (κ1) is 12.5. The molecule has 2 aliphatic heterocycles. The number of nitrogens with zero attached hydrogens (tertiary/aromatic N) is 1. The Labute approximate surface area is 120 Å². The van der Waals surface area contributed by atoms with Crippen LogP contribution < -0.4 is 5.32 Å². The molecule has 96 valence electrons. The Bertz CT molecular complexity index is 482. The van der Waals surface area contributed by atoms with E-state index >= 15 is 0 Å². The van der Waals surface area contributed by atoms with E-state index in [1.54, 1.807) is 12.1 Å². The molecule has 3 rings (SSSR count). The minimum atomic E-state index is 0.0573. The molecule has 1 aromatic carbocycles. The number of rotatable bonds is 1. The van der Waals surface area contributed by atoms with Crippen LogP contribution in [0.5, 0.6) is 0 Å². The summed E-state index contributed by atoms with van der Waals surface area (Å²) in [5, 5.41) is 3.89. The van der Waals surface area contributed by atoms with Crippen molar-refractivity contribution in [1.82, 2.24) is 10.2 Å². The average molecular weight is 330 g/mol. The summed E-state index contributed by atoms with van der Waals surface area (Å²) in [5.74, 6) is 1.29. The Hall–Kier alpha value is -0.580. The Kier molecular flexibility index (Phi) is 3.34. The normalized spacial score (nSPS) is 26.4. The molecular formula is C13H14BrClN2O. The highest BCUT2D eigenvalue weighted by molar-refractivity contribution is 9.10. The van der Waals surface area contributed by atoms with Crippen LogP contribution in [0, 0.1) is 11.8 Å². The molecule has 1 amide bonds. The molecule has 0 aliphatic carbocycles. The van der Waals surface area contributed by atoms with Gasteiger partial charge >= 0.3 is 0 Å². The maximum absolute atomic E-state index is 12.4. The maximum atomic E-state index is 12.4. The van der Waals surface area contributed by atoms with Gasteiger partial charge in [-0.05, 0) is 30.0 Å². The third kappa shape index (κ3) is 2.17. The molecule has 2 saturated heterocycles. The lowest BCUT2D eigenvalue weighted by Gasteiger charge is -2.18. The molecule has 2 aliphatic rings. The molecular weight excluding hydrogens is 316 g/mol. The van der Waals surface area contributed by atoms with Crippen molar-refractivity contribution < 1.29 is 4.79 Å². The van der Waals surface area contributed by atoms with Gasteiger partial charge < -0.3 is 10.2 Å². The largest absolute Gasteiger partial charge is 0.338 e. The van der Waals surface area contributed by atoms with Gasteiger partial charge in [-0.3, -0.25) is 4.79 Å². The fourth-order valence-electron chi connectivity index (χ4n) is 2.85. The number of benzene rings is 1. The molecule has 0 radical (unpaired) electrons. The van der Waals surface area contributed by atoms with Crippen molar-refractivity contribution in [3.63, 3.8) is 0 Å². The van der Waals surface area contributed by atoms with E-state index in [-0.39, 0.29) is 5.91 Å². The molecule has 0 saturated carbocycles. The highest BCUT2D eigenvalue weighted by atomic mass is 79.9. The second-order valence-electron chi connectivity index (χ2n) is 5.01. The zero-order valence-electron chi connectivity index (χ0n) is 9.83. The molecule has 1 N–H and O–H groups in total. The zero-order valence-corrected chi connectivity index (χ0v) is 12.2. The second-order valence-corrected chi connectivity index (χ2v) is 6.34. The van der Waals surface area contributed by atoms with E-state index in [0.717, 1.165) is 30.7 Å². The summed E-state index contributed by atoms with van der Waals surface area (Å²) in [6, 6.07) is 5.42. The molecule has 0 bridgehead atoms. The maximum Gasteiger partial charge on any atom is 0.255 e. The smallest absolute Gasteiger partial charge is 0.255 e. The van der Waals surface area contributed by atoms with Crippen LogP contribution in [0.1, 0.15) is 10.4 Å². The summed E-state index contributed by atoms with van der Waals surface area (Å²) in [6.07, 6.45) is 0. The predicted molar refractivity (Wildman–Crippen MR) is 74.9 cm³/mol. The number of nitrogens with one attached hydrogen (secondary N) is 1.